The van der Waals surface area contributed by atoms with Crippen molar-refractivity contribution in [1.82, 2.24) is 14.2 Å². The fraction of sp³-hybridized carbons (Fsp3) is 0.227. The summed E-state index contributed by atoms with van der Waals surface area (Å²) in [6, 6.07) is 19.0. The maximum Gasteiger partial charge on any atom is 0.260 e. The van der Waals surface area contributed by atoms with Crippen molar-refractivity contribution in [1.29, 1.82) is 0 Å². The molecule has 154 valence electrons. The number of hydrogen-bond acceptors (Lipinski definition) is 6. The van der Waals surface area contributed by atoms with Crippen molar-refractivity contribution in [2.75, 3.05) is 25.6 Å². The molecule has 8 heteroatoms. The van der Waals surface area contributed by atoms with Gasteiger partial charge in [-0.1, -0.05) is 48.5 Å². The average Bonchev–Trinajstić information content (AvgIpc) is 3.43. The number of nitrogens with zero attached hydrogens (tertiary/aromatic N) is 3. The monoisotopic (exact) mass is 455 g/mol. The fourth-order valence-electron chi connectivity index (χ4n) is 3.65. The topological polar surface area (TPSA) is 53.5 Å². The van der Waals surface area contributed by atoms with Gasteiger partial charge in [0.2, 0.25) is 0 Å². The van der Waals surface area contributed by atoms with Gasteiger partial charge in [-0.2, -0.15) is 4.37 Å². The van der Waals surface area contributed by atoms with Gasteiger partial charge in [-0.15, -0.1) is 23.5 Å². The first-order chi connectivity index (χ1) is 14.7. The lowest BCUT2D eigenvalue weighted by Gasteiger charge is -2.31. The molecule has 0 radical (unpaired) electrons. The number of amides is 2. The third-order valence-corrected chi connectivity index (χ3v) is 7.77. The molecule has 0 spiro atoms. The van der Waals surface area contributed by atoms with Gasteiger partial charge in [-0.3, -0.25) is 9.59 Å². The summed E-state index contributed by atoms with van der Waals surface area (Å²) < 4.78 is 5.36. The maximum atomic E-state index is 13.7. The summed E-state index contributed by atoms with van der Waals surface area (Å²) in [7, 11) is 0. The Balaban J connectivity index is 1.74. The normalized spacial score (nSPS) is 16.1. The average molecular weight is 456 g/mol. The quantitative estimate of drug-likeness (QED) is 0.513. The van der Waals surface area contributed by atoms with Crippen molar-refractivity contribution < 1.29 is 9.59 Å². The predicted molar refractivity (Wildman–Crippen MR) is 123 cm³/mol. The first kappa shape index (κ1) is 21.0. The molecule has 1 aliphatic heterocycles. The van der Waals surface area contributed by atoms with Gasteiger partial charge in [0.05, 0.1) is 9.77 Å². The summed E-state index contributed by atoms with van der Waals surface area (Å²) in [6.07, 6.45) is 3.44. The van der Waals surface area contributed by atoms with E-state index in [4.69, 9.17) is 0 Å². The van der Waals surface area contributed by atoms with Crippen LogP contribution < -0.4 is 0 Å². The van der Waals surface area contributed by atoms with E-state index in [1.54, 1.807) is 9.80 Å². The summed E-state index contributed by atoms with van der Waals surface area (Å²) in [5, 5.41) is 0.744. The molecule has 3 aromatic rings. The van der Waals surface area contributed by atoms with Crippen molar-refractivity contribution in [3.8, 4) is 0 Å². The van der Waals surface area contributed by atoms with Crippen molar-refractivity contribution >= 4 is 46.9 Å². The molecule has 2 aromatic carbocycles. The molecule has 2 amide bonds. The molecule has 0 saturated carbocycles. The Bertz CT molecular complexity index is 1020. The number of aromatic nitrogens is 1. The lowest BCUT2D eigenvalue weighted by atomic mass is 10.1. The number of thioether (sulfide) groups is 2. The van der Waals surface area contributed by atoms with Crippen LogP contribution in [0, 0.1) is 0 Å². The van der Waals surface area contributed by atoms with Crippen LogP contribution in [0.5, 0.6) is 0 Å². The van der Waals surface area contributed by atoms with Gasteiger partial charge in [-0.05, 0) is 41.7 Å². The van der Waals surface area contributed by atoms with E-state index in [9.17, 15) is 9.59 Å². The van der Waals surface area contributed by atoms with E-state index in [0.29, 0.717) is 24.2 Å². The zero-order valence-corrected chi connectivity index (χ0v) is 19.1. The van der Waals surface area contributed by atoms with Crippen LogP contribution >= 0.6 is 35.1 Å². The van der Waals surface area contributed by atoms with E-state index in [-0.39, 0.29) is 11.8 Å². The molecule has 1 atom stereocenters. The van der Waals surface area contributed by atoms with Crippen LogP contribution in [0.1, 0.15) is 32.4 Å². The number of rotatable bonds is 5. The van der Waals surface area contributed by atoms with E-state index < -0.39 is 6.17 Å². The zero-order valence-electron chi connectivity index (χ0n) is 16.6. The summed E-state index contributed by atoms with van der Waals surface area (Å²) >= 11 is 4.37. The first-order valence-electron chi connectivity index (χ1n) is 9.45. The Kier molecular flexibility index (Phi) is 6.46. The van der Waals surface area contributed by atoms with Gasteiger partial charge in [0.1, 0.15) is 11.2 Å². The molecular weight excluding hydrogens is 434 g/mol. The first-order valence-corrected chi connectivity index (χ1v) is 12.7. The Morgan fingerprint density at radius 3 is 2.10 bits per heavy atom. The van der Waals surface area contributed by atoms with Gasteiger partial charge < -0.3 is 9.80 Å². The molecular formula is C22H21N3O2S3. The van der Waals surface area contributed by atoms with E-state index in [1.165, 1.54) is 35.1 Å². The van der Waals surface area contributed by atoms with E-state index in [0.717, 1.165) is 14.8 Å². The molecule has 2 heterocycles. The van der Waals surface area contributed by atoms with Crippen LogP contribution in [0.3, 0.4) is 0 Å². The molecule has 1 unspecified atom stereocenters. The Labute approximate surface area is 188 Å². The van der Waals surface area contributed by atoms with Gasteiger partial charge in [-0.25, -0.2) is 0 Å². The molecule has 5 nitrogen and oxygen atoms in total. The highest BCUT2D eigenvalue weighted by Gasteiger charge is 2.41. The van der Waals surface area contributed by atoms with Crippen LogP contribution in [-0.2, 0) is 0 Å². The second-order valence-electron chi connectivity index (χ2n) is 6.71. The van der Waals surface area contributed by atoms with E-state index >= 15 is 0 Å². The molecule has 0 N–H and O–H groups in total. The molecule has 1 fully saturated rings. The highest BCUT2D eigenvalue weighted by molar-refractivity contribution is 8.01. The van der Waals surface area contributed by atoms with Crippen molar-refractivity contribution in [3.63, 3.8) is 0 Å². The molecule has 0 bridgehead atoms. The second kappa shape index (κ2) is 9.24. The minimum atomic E-state index is -0.448. The van der Waals surface area contributed by atoms with Crippen LogP contribution in [0.4, 0.5) is 0 Å². The van der Waals surface area contributed by atoms with Crippen LogP contribution in [0.2, 0.25) is 0 Å². The SMILES string of the molecule is CSc1nsc(SC)c1C(=O)N1CCN(C(=O)c2ccccc2)C1c1ccccc1. The van der Waals surface area contributed by atoms with Crippen molar-refractivity contribution in [2.24, 2.45) is 0 Å². The van der Waals surface area contributed by atoms with Crippen LogP contribution in [-0.4, -0.2) is 51.6 Å². The minimum Gasteiger partial charge on any atom is -0.312 e. The lowest BCUT2D eigenvalue weighted by molar-refractivity contribution is 0.0541. The fourth-order valence-corrected chi connectivity index (χ4v) is 5.91. The standard InChI is InChI=1S/C22H21N3O2S3/c1-28-18-17(22(29-2)30-23-18)21(27)25-14-13-24(19(25)15-9-5-3-6-10-15)20(26)16-11-7-4-8-12-16/h3-12,19H,13-14H2,1-2H3. The van der Waals surface area contributed by atoms with Gasteiger partial charge in [0.25, 0.3) is 11.8 Å². The predicted octanol–water partition coefficient (Wildman–Crippen LogP) is 4.88. The third-order valence-electron chi connectivity index (χ3n) is 5.03. The van der Waals surface area contributed by atoms with Crippen LogP contribution in [0.15, 0.2) is 69.9 Å². The van der Waals surface area contributed by atoms with Crippen molar-refractivity contribution in [2.45, 2.75) is 15.4 Å². The smallest absolute Gasteiger partial charge is 0.260 e. The molecule has 1 saturated heterocycles. The summed E-state index contributed by atoms with van der Waals surface area (Å²) in [5.41, 5.74) is 2.20. The maximum absolute atomic E-state index is 13.7. The van der Waals surface area contributed by atoms with E-state index in [1.807, 2.05) is 73.2 Å². The Morgan fingerprint density at radius 2 is 1.50 bits per heavy atom. The highest BCUT2D eigenvalue weighted by atomic mass is 32.2. The van der Waals surface area contributed by atoms with E-state index in [2.05, 4.69) is 4.37 Å². The summed E-state index contributed by atoms with van der Waals surface area (Å²) in [4.78, 5) is 30.6. The van der Waals surface area contributed by atoms with Crippen LogP contribution in [0.25, 0.3) is 0 Å². The molecule has 30 heavy (non-hydrogen) atoms. The summed E-state index contributed by atoms with van der Waals surface area (Å²) in [6.45, 7) is 0.967. The molecule has 4 rings (SSSR count). The number of benzene rings is 2. The number of carbonyl (C=O) groups is 2. The molecule has 0 aliphatic carbocycles. The van der Waals surface area contributed by atoms with Gasteiger partial charge >= 0.3 is 0 Å². The molecule has 1 aliphatic rings. The Morgan fingerprint density at radius 1 is 0.900 bits per heavy atom. The highest BCUT2D eigenvalue weighted by Crippen LogP contribution is 2.38. The Hall–Kier alpha value is -2.29. The summed E-state index contributed by atoms with van der Waals surface area (Å²) in [5.74, 6) is -0.145. The van der Waals surface area contributed by atoms with Gasteiger partial charge in [0, 0.05) is 18.7 Å². The largest absolute Gasteiger partial charge is 0.312 e. The van der Waals surface area contributed by atoms with Crippen molar-refractivity contribution in [3.05, 3.63) is 77.4 Å². The molecule has 1 aromatic heterocycles. The lowest BCUT2D eigenvalue weighted by Crippen LogP contribution is -2.38. The second-order valence-corrected chi connectivity index (χ2v) is 9.35. The number of carbonyl (C=O) groups excluding carboxylic acids is 2. The minimum absolute atomic E-state index is 0.0709. The van der Waals surface area contributed by atoms with Gasteiger partial charge in [0.15, 0.2) is 0 Å². The number of hydrogen-bond donors (Lipinski definition) is 0. The third kappa shape index (κ3) is 3.87. The zero-order chi connectivity index (χ0) is 21.1.